The zero-order chi connectivity index (χ0) is 14.0. The van der Waals surface area contributed by atoms with Gasteiger partial charge < -0.3 is 15.0 Å². The van der Waals surface area contributed by atoms with E-state index in [1.54, 1.807) is 12.0 Å². The van der Waals surface area contributed by atoms with Crippen molar-refractivity contribution in [3.05, 3.63) is 0 Å². The molecular weight excluding hydrogens is 232 g/mol. The summed E-state index contributed by atoms with van der Waals surface area (Å²) in [6.45, 7) is 8.21. The Morgan fingerprint density at radius 2 is 1.89 bits per heavy atom. The van der Waals surface area contributed by atoms with E-state index in [0.29, 0.717) is 19.4 Å². The zero-order valence-electron chi connectivity index (χ0n) is 12.0. The van der Waals surface area contributed by atoms with Gasteiger partial charge in [-0.1, -0.05) is 13.8 Å². The van der Waals surface area contributed by atoms with Crippen molar-refractivity contribution in [1.29, 1.82) is 0 Å². The van der Waals surface area contributed by atoms with Crippen molar-refractivity contribution in [2.45, 2.75) is 51.6 Å². The minimum absolute atomic E-state index is 0.00542. The van der Waals surface area contributed by atoms with E-state index in [1.807, 2.05) is 27.7 Å². The van der Waals surface area contributed by atoms with E-state index in [1.165, 1.54) is 0 Å². The highest BCUT2D eigenvalue weighted by Gasteiger charge is 2.48. The first-order valence-electron chi connectivity index (χ1n) is 6.45. The minimum atomic E-state index is -0.750. The average molecular weight is 256 g/mol. The predicted octanol–water partition coefficient (Wildman–Crippen LogP) is 0.929. The van der Waals surface area contributed by atoms with Gasteiger partial charge in [0.1, 0.15) is 12.1 Å². The first-order chi connectivity index (χ1) is 8.33. The molecule has 0 saturated carbocycles. The number of hydrogen-bond acceptors (Lipinski definition) is 3. The largest absolute Gasteiger partial charge is 0.382 e. The van der Waals surface area contributed by atoms with Gasteiger partial charge in [-0.25, -0.2) is 0 Å². The van der Waals surface area contributed by atoms with Gasteiger partial charge in [-0.3, -0.25) is 9.59 Å². The molecule has 0 unspecified atom stereocenters. The van der Waals surface area contributed by atoms with Gasteiger partial charge in [0.15, 0.2) is 0 Å². The molecule has 1 saturated heterocycles. The van der Waals surface area contributed by atoms with Crippen LogP contribution in [0.3, 0.4) is 0 Å². The molecule has 0 bridgehead atoms. The van der Waals surface area contributed by atoms with E-state index in [2.05, 4.69) is 5.32 Å². The molecule has 1 N–H and O–H groups in total. The molecule has 2 amide bonds. The molecule has 5 heteroatoms. The van der Waals surface area contributed by atoms with E-state index >= 15 is 0 Å². The predicted molar refractivity (Wildman–Crippen MR) is 69.1 cm³/mol. The van der Waals surface area contributed by atoms with Crippen LogP contribution in [0.5, 0.6) is 0 Å². The molecule has 1 heterocycles. The third-order valence-electron chi connectivity index (χ3n) is 3.77. The molecule has 0 aromatic rings. The van der Waals surface area contributed by atoms with Gasteiger partial charge in [0.05, 0.1) is 12.1 Å². The highest BCUT2D eigenvalue weighted by atomic mass is 16.5. The number of nitrogens with one attached hydrogen (secondary N) is 1. The normalized spacial score (nSPS) is 19.9. The number of nitrogens with zero attached hydrogens (tertiary/aromatic N) is 1. The molecule has 18 heavy (non-hydrogen) atoms. The van der Waals surface area contributed by atoms with Crippen LogP contribution in [0.15, 0.2) is 0 Å². The van der Waals surface area contributed by atoms with Gasteiger partial charge in [0.2, 0.25) is 11.8 Å². The standard InChI is InChI=1S/C13H24N2O3/c1-6-13(7-2)11(17)15(8-10(16)14-13)12(3,4)9-18-5/h6-9H2,1-5H3,(H,14,16). The van der Waals surface area contributed by atoms with Crippen LogP contribution in [-0.4, -0.2) is 48.1 Å². The van der Waals surface area contributed by atoms with Crippen molar-refractivity contribution in [3.8, 4) is 0 Å². The van der Waals surface area contributed by atoms with Crippen LogP contribution in [0.25, 0.3) is 0 Å². The lowest BCUT2D eigenvalue weighted by Gasteiger charge is -2.47. The fraction of sp³-hybridized carbons (Fsp3) is 0.846. The maximum atomic E-state index is 12.6. The number of hydrogen-bond donors (Lipinski definition) is 1. The number of piperazine rings is 1. The lowest BCUT2D eigenvalue weighted by Crippen LogP contribution is -2.70. The number of carbonyl (C=O) groups is 2. The van der Waals surface area contributed by atoms with Gasteiger partial charge in [-0.05, 0) is 26.7 Å². The Hall–Kier alpha value is -1.10. The second-order valence-corrected chi connectivity index (χ2v) is 5.47. The summed E-state index contributed by atoms with van der Waals surface area (Å²) < 4.78 is 5.15. The van der Waals surface area contributed by atoms with Gasteiger partial charge in [-0.2, -0.15) is 0 Å². The molecule has 0 spiro atoms. The number of amides is 2. The van der Waals surface area contributed by atoms with Gasteiger partial charge >= 0.3 is 0 Å². The average Bonchev–Trinajstić information content (AvgIpc) is 2.31. The van der Waals surface area contributed by atoms with E-state index in [9.17, 15) is 9.59 Å². The molecule has 1 fully saturated rings. The first-order valence-corrected chi connectivity index (χ1v) is 6.45. The quantitative estimate of drug-likeness (QED) is 0.796. The second kappa shape index (κ2) is 5.26. The maximum absolute atomic E-state index is 12.6. The summed E-state index contributed by atoms with van der Waals surface area (Å²) in [6.07, 6.45) is 1.21. The Balaban J connectivity index is 3.06. The summed E-state index contributed by atoms with van der Waals surface area (Å²) in [5.74, 6) is -0.100. The molecule has 1 rings (SSSR count). The van der Waals surface area contributed by atoms with Crippen molar-refractivity contribution >= 4 is 11.8 Å². The molecular formula is C13H24N2O3. The molecule has 0 aromatic carbocycles. The fourth-order valence-corrected chi connectivity index (χ4v) is 2.48. The zero-order valence-corrected chi connectivity index (χ0v) is 12.0. The Kier molecular flexibility index (Phi) is 4.37. The smallest absolute Gasteiger partial charge is 0.249 e. The van der Waals surface area contributed by atoms with Gasteiger partial charge in [0.25, 0.3) is 0 Å². The van der Waals surface area contributed by atoms with Crippen LogP contribution in [0.1, 0.15) is 40.5 Å². The van der Waals surface area contributed by atoms with Gasteiger partial charge in [-0.15, -0.1) is 0 Å². The Labute approximate surface area is 109 Å². The summed E-state index contributed by atoms with van der Waals surface area (Å²) in [6, 6.07) is 0. The van der Waals surface area contributed by atoms with Crippen LogP contribution in [0.4, 0.5) is 0 Å². The van der Waals surface area contributed by atoms with Crippen LogP contribution in [-0.2, 0) is 14.3 Å². The molecule has 1 aliphatic rings. The number of rotatable bonds is 5. The lowest BCUT2D eigenvalue weighted by molar-refractivity contribution is -0.158. The van der Waals surface area contributed by atoms with Crippen LogP contribution < -0.4 is 5.32 Å². The van der Waals surface area contributed by atoms with Crippen molar-refractivity contribution in [2.75, 3.05) is 20.3 Å². The topological polar surface area (TPSA) is 58.6 Å². The molecule has 5 nitrogen and oxygen atoms in total. The van der Waals surface area contributed by atoms with Gasteiger partial charge in [0, 0.05) is 7.11 Å². The van der Waals surface area contributed by atoms with Crippen LogP contribution in [0.2, 0.25) is 0 Å². The summed E-state index contributed by atoms with van der Waals surface area (Å²) in [5.41, 5.74) is -1.22. The van der Waals surface area contributed by atoms with E-state index < -0.39 is 11.1 Å². The van der Waals surface area contributed by atoms with Crippen molar-refractivity contribution in [1.82, 2.24) is 10.2 Å². The molecule has 0 atom stereocenters. The molecule has 0 aromatic heterocycles. The number of ether oxygens (including phenoxy) is 1. The Morgan fingerprint density at radius 3 is 2.33 bits per heavy atom. The Bertz CT molecular complexity index is 335. The summed E-state index contributed by atoms with van der Waals surface area (Å²) in [4.78, 5) is 26.1. The van der Waals surface area contributed by atoms with Crippen LogP contribution in [0, 0.1) is 0 Å². The van der Waals surface area contributed by atoms with Crippen molar-refractivity contribution in [3.63, 3.8) is 0 Å². The SMILES string of the molecule is CCC1(CC)NC(=O)CN(C(C)(C)COC)C1=O. The highest BCUT2D eigenvalue weighted by Crippen LogP contribution is 2.27. The van der Waals surface area contributed by atoms with Crippen molar-refractivity contribution in [2.24, 2.45) is 0 Å². The molecule has 0 aliphatic carbocycles. The lowest BCUT2D eigenvalue weighted by atomic mass is 9.86. The minimum Gasteiger partial charge on any atom is -0.382 e. The summed E-state index contributed by atoms with van der Waals surface area (Å²) in [7, 11) is 1.60. The maximum Gasteiger partial charge on any atom is 0.249 e. The molecule has 104 valence electrons. The number of methoxy groups -OCH3 is 1. The van der Waals surface area contributed by atoms with E-state index in [0.717, 1.165) is 0 Å². The summed E-state index contributed by atoms with van der Waals surface area (Å²) in [5, 5.41) is 2.85. The van der Waals surface area contributed by atoms with Crippen molar-refractivity contribution < 1.29 is 14.3 Å². The third kappa shape index (κ3) is 2.51. The number of carbonyl (C=O) groups excluding carboxylic acids is 2. The molecule has 0 radical (unpaired) electrons. The van der Waals surface area contributed by atoms with E-state index in [-0.39, 0.29) is 18.4 Å². The van der Waals surface area contributed by atoms with E-state index in [4.69, 9.17) is 4.74 Å². The monoisotopic (exact) mass is 256 g/mol. The third-order valence-corrected chi connectivity index (χ3v) is 3.77. The first kappa shape index (κ1) is 15.0. The summed E-state index contributed by atoms with van der Waals surface area (Å²) >= 11 is 0. The fourth-order valence-electron chi connectivity index (χ4n) is 2.48. The molecule has 1 aliphatic heterocycles. The highest BCUT2D eigenvalue weighted by molar-refractivity contribution is 5.98. The van der Waals surface area contributed by atoms with Crippen LogP contribution >= 0.6 is 0 Å². The second-order valence-electron chi connectivity index (χ2n) is 5.47. The Morgan fingerprint density at radius 1 is 1.33 bits per heavy atom.